The van der Waals surface area contributed by atoms with Crippen LogP contribution in [0.1, 0.15) is 37.4 Å². The van der Waals surface area contributed by atoms with E-state index in [1.165, 1.54) is 42.7 Å². The summed E-state index contributed by atoms with van der Waals surface area (Å²) < 4.78 is 13.2. The van der Waals surface area contributed by atoms with Gasteiger partial charge in [-0.05, 0) is 48.9 Å². The number of aryl methyl sites for hydroxylation is 2. The normalized spacial score (nSPS) is 15.2. The Balaban J connectivity index is 1.98. The zero-order valence-electron chi connectivity index (χ0n) is 10.7. The van der Waals surface area contributed by atoms with Crippen LogP contribution in [0.25, 0.3) is 10.9 Å². The minimum absolute atomic E-state index is 0.201. The van der Waals surface area contributed by atoms with Crippen molar-refractivity contribution in [3.05, 3.63) is 41.3 Å². The Morgan fingerprint density at radius 1 is 1.28 bits per heavy atom. The van der Waals surface area contributed by atoms with Gasteiger partial charge >= 0.3 is 0 Å². The summed E-state index contributed by atoms with van der Waals surface area (Å²) in [5.74, 6) is 0.715. The van der Waals surface area contributed by atoms with Crippen LogP contribution in [0, 0.1) is 11.7 Å². The molecule has 1 saturated carbocycles. The lowest BCUT2D eigenvalue weighted by Gasteiger charge is -2.09. The molecule has 1 aliphatic carbocycles. The highest BCUT2D eigenvalue weighted by molar-refractivity contribution is 5.79. The predicted molar refractivity (Wildman–Crippen MR) is 72.1 cm³/mol. The molecule has 0 aliphatic heterocycles. The first kappa shape index (κ1) is 11.6. The molecule has 0 unspecified atom stereocenters. The summed E-state index contributed by atoms with van der Waals surface area (Å²) in [5.41, 5.74) is 3.27. The van der Waals surface area contributed by atoms with Gasteiger partial charge in [-0.1, -0.05) is 19.8 Å². The molecule has 0 bridgehead atoms. The largest absolute Gasteiger partial charge is 0.252 e. The molecule has 94 valence electrons. The van der Waals surface area contributed by atoms with E-state index in [-0.39, 0.29) is 5.82 Å². The van der Waals surface area contributed by atoms with Crippen LogP contribution in [-0.2, 0) is 12.8 Å². The molecular formula is C16H18FN. The predicted octanol–water partition coefficient (Wildman–Crippen LogP) is 4.28. The first-order valence-corrected chi connectivity index (χ1v) is 6.84. The molecule has 1 heterocycles. The smallest absolute Gasteiger partial charge is 0.125 e. The summed E-state index contributed by atoms with van der Waals surface area (Å²) in [6.45, 7) is 2.16. The van der Waals surface area contributed by atoms with Crippen LogP contribution < -0.4 is 0 Å². The van der Waals surface area contributed by atoms with Gasteiger partial charge in [-0.3, -0.25) is 4.98 Å². The lowest BCUT2D eigenvalue weighted by molar-refractivity contribution is 0.629. The minimum atomic E-state index is -0.201. The third-order valence-corrected chi connectivity index (χ3v) is 3.82. The van der Waals surface area contributed by atoms with Gasteiger partial charge in [0.15, 0.2) is 0 Å². The molecule has 1 aromatic carbocycles. The minimum Gasteiger partial charge on any atom is -0.252 e. The molecule has 1 fully saturated rings. The maximum Gasteiger partial charge on any atom is 0.125 e. The van der Waals surface area contributed by atoms with Crippen LogP contribution in [0.15, 0.2) is 24.3 Å². The van der Waals surface area contributed by atoms with Crippen molar-refractivity contribution >= 4 is 10.9 Å². The number of fused-ring (bicyclic) bond motifs is 1. The van der Waals surface area contributed by atoms with Gasteiger partial charge in [-0.2, -0.15) is 0 Å². The number of pyridine rings is 1. The van der Waals surface area contributed by atoms with Gasteiger partial charge in [0.1, 0.15) is 5.82 Å². The van der Waals surface area contributed by atoms with E-state index in [2.05, 4.69) is 18.0 Å². The first-order chi connectivity index (χ1) is 8.76. The summed E-state index contributed by atoms with van der Waals surface area (Å²) in [7, 11) is 0. The van der Waals surface area contributed by atoms with Crippen LogP contribution in [-0.4, -0.2) is 4.98 Å². The third kappa shape index (κ3) is 2.38. The Bertz CT molecular complexity index is 573. The van der Waals surface area contributed by atoms with Crippen molar-refractivity contribution in [1.29, 1.82) is 0 Å². The van der Waals surface area contributed by atoms with E-state index in [1.54, 1.807) is 0 Å². The Kier molecular flexibility index (Phi) is 3.02. The molecule has 0 spiro atoms. The Morgan fingerprint density at radius 2 is 2.11 bits per heavy atom. The number of aromatic nitrogens is 1. The van der Waals surface area contributed by atoms with E-state index < -0.39 is 0 Å². The first-order valence-electron chi connectivity index (χ1n) is 6.84. The monoisotopic (exact) mass is 243 g/mol. The standard InChI is InChI=1S/C16H18FN/c1-2-12-9-13-6-7-14(17)10-16(13)18-15(12)8-5-11-3-4-11/h6-7,9-11H,2-5,8H2,1H3. The second kappa shape index (κ2) is 4.68. The van der Waals surface area contributed by atoms with Crippen molar-refractivity contribution in [2.45, 2.75) is 39.0 Å². The van der Waals surface area contributed by atoms with Crippen LogP contribution >= 0.6 is 0 Å². The van der Waals surface area contributed by atoms with Gasteiger partial charge in [0, 0.05) is 17.1 Å². The van der Waals surface area contributed by atoms with E-state index in [1.807, 2.05) is 6.07 Å². The van der Waals surface area contributed by atoms with E-state index in [9.17, 15) is 4.39 Å². The highest BCUT2D eigenvalue weighted by atomic mass is 19.1. The van der Waals surface area contributed by atoms with Crippen LogP contribution in [0.5, 0.6) is 0 Å². The van der Waals surface area contributed by atoms with Gasteiger partial charge in [0.25, 0.3) is 0 Å². The molecular weight excluding hydrogens is 225 g/mol. The van der Waals surface area contributed by atoms with Crippen molar-refractivity contribution in [2.75, 3.05) is 0 Å². The average molecular weight is 243 g/mol. The van der Waals surface area contributed by atoms with E-state index >= 15 is 0 Å². The van der Waals surface area contributed by atoms with E-state index in [0.717, 1.165) is 29.7 Å². The summed E-state index contributed by atoms with van der Waals surface area (Å²) in [6, 6.07) is 7.04. The molecule has 18 heavy (non-hydrogen) atoms. The van der Waals surface area contributed by atoms with Crippen molar-refractivity contribution in [3.63, 3.8) is 0 Å². The van der Waals surface area contributed by atoms with Crippen molar-refractivity contribution < 1.29 is 4.39 Å². The molecule has 1 nitrogen and oxygen atoms in total. The molecule has 2 heteroatoms. The number of rotatable bonds is 4. The van der Waals surface area contributed by atoms with Crippen LogP contribution in [0.4, 0.5) is 4.39 Å². The fourth-order valence-electron chi connectivity index (χ4n) is 2.49. The highest BCUT2D eigenvalue weighted by Crippen LogP contribution is 2.34. The number of hydrogen-bond acceptors (Lipinski definition) is 1. The fraction of sp³-hybridized carbons (Fsp3) is 0.438. The number of nitrogens with zero attached hydrogens (tertiary/aromatic N) is 1. The second-order valence-electron chi connectivity index (χ2n) is 5.27. The molecule has 0 atom stereocenters. The number of halogens is 1. The summed E-state index contributed by atoms with van der Waals surface area (Å²) >= 11 is 0. The molecule has 1 aliphatic rings. The number of hydrogen-bond donors (Lipinski definition) is 0. The topological polar surface area (TPSA) is 12.9 Å². The molecule has 3 rings (SSSR count). The molecule has 0 N–H and O–H groups in total. The zero-order valence-corrected chi connectivity index (χ0v) is 10.7. The Labute approximate surface area is 107 Å². The van der Waals surface area contributed by atoms with E-state index in [0.29, 0.717) is 0 Å². The molecule has 0 saturated heterocycles. The molecule has 1 aromatic heterocycles. The van der Waals surface area contributed by atoms with Crippen molar-refractivity contribution in [2.24, 2.45) is 5.92 Å². The average Bonchev–Trinajstić information content (AvgIpc) is 3.19. The van der Waals surface area contributed by atoms with Gasteiger partial charge in [0.2, 0.25) is 0 Å². The SMILES string of the molecule is CCc1cc2ccc(F)cc2nc1CCC1CC1. The van der Waals surface area contributed by atoms with Crippen molar-refractivity contribution in [3.8, 4) is 0 Å². The van der Waals surface area contributed by atoms with Gasteiger partial charge in [-0.25, -0.2) is 4.39 Å². The summed E-state index contributed by atoms with van der Waals surface area (Å²) in [5, 5.41) is 1.04. The Morgan fingerprint density at radius 3 is 2.83 bits per heavy atom. The maximum atomic E-state index is 13.2. The Hall–Kier alpha value is -1.44. The fourth-order valence-corrected chi connectivity index (χ4v) is 2.49. The third-order valence-electron chi connectivity index (χ3n) is 3.82. The van der Waals surface area contributed by atoms with Crippen LogP contribution in [0.3, 0.4) is 0 Å². The number of benzene rings is 1. The molecule has 0 radical (unpaired) electrons. The van der Waals surface area contributed by atoms with Gasteiger partial charge in [0.05, 0.1) is 5.52 Å². The van der Waals surface area contributed by atoms with Crippen molar-refractivity contribution in [1.82, 2.24) is 4.98 Å². The lowest BCUT2D eigenvalue weighted by Crippen LogP contribution is -1.99. The lowest BCUT2D eigenvalue weighted by atomic mass is 10.0. The quantitative estimate of drug-likeness (QED) is 0.781. The summed E-state index contributed by atoms with van der Waals surface area (Å²) in [6.07, 6.45) is 6.04. The van der Waals surface area contributed by atoms with Gasteiger partial charge in [-0.15, -0.1) is 0 Å². The molecule has 2 aromatic rings. The van der Waals surface area contributed by atoms with Gasteiger partial charge < -0.3 is 0 Å². The molecule has 0 amide bonds. The zero-order chi connectivity index (χ0) is 12.5. The summed E-state index contributed by atoms with van der Waals surface area (Å²) in [4.78, 5) is 4.67. The van der Waals surface area contributed by atoms with E-state index in [4.69, 9.17) is 0 Å². The maximum absolute atomic E-state index is 13.2. The van der Waals surface area contributed by atoms with Crippen LogP contribution in [0.2, 0.25) is 0 Å². The highest BCUT2D eigenvalue weighted by Gasteiger charge is 2.21. The second-order valence-corrected chi connectivity index (χ2v) is 5.27.